The van der Waals surface area contributed by atoms with Crippen LogP contribution in [-0.2, 0) is 9.53 Å². The molecule has 2 bridgehead atoms. The van der Waals surface area contributed by atoms with Crippen LogP contribution in [0, 0.1) is 17.8 Å². The Labute approximate surface area is 133 Å². The summed E-state index contributed by atoms with van der Waals surface area (Å²) >= 11 is 0. The lowest BCUT2D eigenvalue weighted by molar-refractivity contribution is -0.123. The molecule has 126 valence electrons. The number of rotatable bonds is 4. The molecule has 0 aliphatic heterocycles. The number of carbonyl (C=O) groups excluding carboxylic acids is 2. The topological polar surface area (TPSA) is 67.4 Å². The van der Waals surface area contributed by atoms with Crippen molar-refractivity contribution in [3.8, 4) is 0 Å². The Morgan fingerprint density at radius 1 is 1.09 bits per heavy atom. The van der Waals surface area contributed by atoms with E-state index >= 15 is 0 Å². The van der Waals surface area contributed by atoms with Crippen molar-refractivity contribution in [1.29, 1.82) is 0 Å². The maximum absolute atomic E-state index is 12.2. The Kier molecular flexibility index (Phi) is 5.03. The number of nitrogens with one attached hydrogen (secondary N) is 2. The molecule has 0 radical (unpaired) electrons. The van der Waals surface area contributed by atoms with Gasteiger partial charge in [-0.1, -0.05) is 6.42 Å². The van der Waals surface area contributed by atoms with Crippen molar-refractivity contribution >= 4 is 12.0 Å². The second kappa shape index (κ2) is 6.47. The third-order valence-electron chi connectivity index (χ3n) is 4.93. The highest BCUT2D eigenvalue weighted by molar-refractivity contribution is 5.85. The molecule has 5 heteroatoms. The standard InChI is InChI=1S/C17H30N2O3/c1-10(14-9-12-6-7-13(14)8-12)18-15(20)11(2)19-16(21)22-17(3,4)5/h10-14H,6-9H2,1-5H3,(H,18,20)(H,19,21). The lowest BCUT2D eigenvalue weighted by Crippen LogP contribution is -2.50. The number of hydrogen-bond acceptors (Lipinski definition) is 3. The largest absolute Gasteiger partial charge is 0.444 e. The molecule has 2 N–H and O–H groups in total. The maximum Gasteiger partial charge on any atom is 0.408 e. The minimum atomic E-state index is -0.587. The van der Waals surface area contributed by atoms with Crippen molar-refractivity contribution in [2.75, 3.05) is 0 Å². The van der Waals surface area contributed by atoms with Crippen LogP contribution in [0.5, 0.6) is 0 Å². The molecule has 22 heavy (non-hydrogen) atoms. The second-order valence-corrected chi connectivity index (χ2v) is 8.00. The molecule has 2 fully saturated rings. The van der Waals surface area contributed by atoms with Crippen molar-refractivity contribution < 1.29 is 14.3 Å². The summed E-state index contributed by atoms with van der Waals surface area (Å²) in [5.74, 6) is 2.10. The summed E-state index contributed by atoms with van der Waals surface area (Å²) < 4.78 is 5.17. The molecule has 2 aliphatic carbocycles. The summed E-state index contributed by atoms with van der Waals surface area (Å²) in [6.45, 7) is 9.17. The van der Waals surface area contributed by atoms with Crippen molar-refractivity contribution in [2.24, 2.45) is 17.8 Å². The molecule has 5 nitrogen and oxygen atoms in total. The van der Waals surface area contributed by atoms with Gasteiger partial charge in [-0.25, -0.2) is 4.79 Å². The van der Waals surface area contributed by atoms with Crippen LogP contribution in [0.3, 0.4) is 0 Å². The van der Waals surface area contributed by atoms with Crippen LogP contribution in [0.15, 0.2) is 0 Å². The Morgan fingerprint density at radius 3 is 2.27 bits per heavy atom. The van der Waals surface area contributed by atoms with Gasteiger partial charge in [0, 0.05) is 6.04 Å². The fourth-order valence-corrected chi connectivity index (χ4v) is 3.91. The molecule has 0 spiro atoms. The first-order valence-corrected chi connectivity index (χ1v) is 8.45. The van der Waals surface area contributed by atoms with Crippen LogP contribution < -0.4 is 10.6 Å². The molecular weight excluding hydrogens is 280 g/mol. The van der Waals surface area contributed by atoms with Crippen LogP contribution in [0.4, 0.5) is 4.79 Å². The number of hydrogen-bond donors (Lipinski definition) is 2. The Hall–Kier alpha value is -1.26. The predicted octanol–water partition coefficient (Wildman–Crippen LogP) is 2.84. The summed E-state index contributed by atoms with van der Waals surface area (Å²) in [6, 6.07) is -0.415. The minimum Gasteiger partial charge on any atom is -0.444 e. The molecule has 5 unspecified atom stereocenters. The number of alkyl carbamates (subject to hydrolysis) is 1. The highest BCUT2D eigenvalue weighted by atomic mass is 16.6. The maximum atomic E-state index is 12.2. The van der Waals surface area contributed by atoms with Gasteiger partial charge in [-0.3, -0.25) is 4.79 Å². The first-order valence-electron chi connectivity index (χ1n) is 8.45. The first kappa shape index (κ1) is 17.1. The average molecular weight is 310 g/mol. The van der Waals surface area contributed by atoms with Crippen molar-refractivity contribution in [3.05, 3.63) is 0 Å². The molecule has 0 aromatic carbocycles. The van der Waals surface area contributed by atoms with Gasteiger partial charge in [0.15, 0.2) is 0 Å². The van der Waals surface area contributed by atoms with E-state index < -0.39 is 17.7 Å². The van der Waals surface area contributed by atoms with Crippen LogP contribution in [0.2, 0.25) is 0 Å². The van der Waals surface area contributed by atoms with E-state index in [9.17, 15) is 9.59 Å². The van der Waals surface area contributed by atoms with Crippen LogP contribution in [0.25, 0.3) is 0 Å². The molecule has 2 rings (SSSR count). The van der Waals surface area contributed by atoms with Gasteiger partial charge in [-0.15, -0.1) is 0 Å². The molecule has 0 aromatic heterocycles. The van der Waals surface area contributed by atoms with E-state index in [1.165, 1.54) is 25.7 Å². The van der Waals surface area contributed by atoms with Gasteiger partial charge in [0.25, 0.3) is 0 Å². The zero-order valence-corrected chi connectivity index (χ0v) is 14.4. The summed E-state index contributed by atoms with van der Waals surface area (Å²) in [4.78, 5) is 23.9. The molecule has 0 saturated heterocycles. The molecular formula is C17H30N2O3. The number of carbonyl (C=O) groups is 2. The number of amides is 2. The van der Waals surface area contributed by atoms with Gasteiger partial charge in [-0.05, 0) is 71.6 Å². The van der Waals surface area contributed by atoms with E-state index in [0.717, 1.165) is 11.8 Å². The quantitative estimate of drug-likeness (QED) is 0.839. The van der Waals surface area contributed by atoms with Gasteiger partial charge in [0.05, 0.1) is 0 Å². The third-order valence-corrected chi connectivity index (χ3v) is 4.93. The van der Waals surface area contributed by atoms with Gasteiger partial charge in [0.1, 0.15) is 11.6 Å². The molecule has 0 aromatic rings. The summed E-state index contributed by atoms with van der Waals surface area (Å²) in [6.07, 6.45) is 4.68. The second-order valence-electron chi connectivity index (χ2n) is 8.00. The average Bonchev–Trinajstić information content (AvgIpc) is 2.98. The Bertz CT molecular complexity index is 430. The molecule has 5 atom stereocenters. The zero-order valence-electron chi connectivity index (χ0n) is 14.4. The fourth-order valence-electron chi connectivity index (χ4n) is 3.91. The third kappa shape index (κ3) is 4.37. The van der Waals surface area contributed by atoms with Gasteiger partial charge in [0.2, 0.25) is 5.91 Å². The van der Waals surface area contributed by atoms with Crippen LogP contribution in [0.1, 0.15) is 60.3 Å². The van der Waals surface area contributed by atoms with Gasteiger partial charge in [-0.2, -0.15) is 0 Å². The summed E-state index contributed by atoms with van der Waals surface area (Å²) in [7, 11) is 0. The van der Waals surface area contributed by atoms with E-state index in [4.69, 9.17) is 4.74 Å². The lowest BCUT2D eigenvalue weighted by Gasteiger charge is -2.29. The molecule has 2 saturated carbocycles. The number of fused-ring (bicyclic) bond motifs is 2. The predicted molar refractivity (Wildman–Crippen MR) is 85.4 cm³/mol. The first-order chi connectivity index (χ1) is 10.2. The fraction of sp³-hybridized carbons (Fsp3) is 0.882. The van der Waals surface area contributed by atoms with E-state index in [1.54, 1.807) is 27.7 Å². The lowest BCUT2D eigenvalue weighted by atomic mass is 9.84. The van der Waals surface area contributed by atoms with E-state index in [-0.39, 0.29) is 11.9 Å². The minimum absolute atomic E-state index is 0.138. The van der Waals surface area contributed by atoms with Gasteiger partial charge >= 0.3 is 6.09 Å². The monoisotopic (exact) mass is 310 g/mol. The smallest absolute Gasteiger partial charge is 0.408 e. The molecule has 0 heterocycles. The highest BCUT2D eigenvalue weighted by Crippen LogP contribution is 2.49. The van der Waals surface area contributed by atoms with Crippen molar-refractivity contribution in [1.82, 2.24) is 10.6 Å². The molecule has 2 amide bonds. The normalized spacial score (nSPS) is 29.8. The van der Waals surface area contributed by atoms with Crippen LogP contribution >= 0.6 is 0 Å². The van der Waals surface area contributed by atoms with Crippen molar-refractivity contribution in [3.63, 3.8) is 0 Å². The zero-order chi connectivity index (χ0) is 16.5. The van der Waals surface area contributed by atoms with Crippen LogP contribution in [-0.4, -0.2) is 29.7 Å². The Balaban J connectivity index is 1.77. The van der Waals surface area contributed by atoms with Gasteiger partial charge < -0.3 is 15.4 Å². The highest BCUT2D eigenvalue weighted by Gasteiger charge is 2.42. The summed E-state index contributed by atoms with van der Waals surface area (Å²) in [5.41, 5.74) is -0.559. The summed E-state index contributed by atoms with van der Waals surface area (Å²) in [5, 5.41) is 5.66. The van der Waals surface area contributed by atoms with E-state index in [1.807, 2.05) is 0 Å². The van der Waals surface area contributed by atoms with E-state index in [0.29, 0.717) is 5.92 Å². The molecule has 2 aliphatic rings. The number of ether oxygens (including phenoxy) is 1. The SMILES string of the molecule is CC(NC(=O)OC(C)(C)C)C(=O)NC(C)C1CC2CCC1C2. The Morgan fingerprint density at radius 2 is 1.77 bits per heavy atom. The van der Waals surface area contributed by atoms with E-state index in [2.05, 4.69) is 17.6 Å². The van der Waals surface area contributed by atoms with Crippen molar-refractivity contribution in [2.45, 2.75) is 78.0 Å².